The van der Waals surface area contributed by atoms with Crippen molar-refractivity contribution in [1.82, 2.24) is 4.90 Å². The van der Waals surface area contributed by atoms with Gasteiger partial charge in [-0.1, -0.05) is 24.3 Å². The molecular formula is C19H19F3N2O. The highest BCUT2D eigenvalue weighted by Gasteiger charge is 2.44. The van der Waals surface area contributed by atoms with Gasteiger partial charge in [0, 0.05) is 5.69 Å². The van der Waals surface area contributed by atoms with Gasteiger partial charge in [-0.25, -0.2) is 4.79 Å². The molecule has 1 heterocycles. The molecule has 0 aromatic heterocycles. The number of alkyl halides is 3. The highest BCUT2D eigenvalue weighted by atomic mass is 19.4. The van der Waals surface area contributed by atoms with E-state index in [2.05, 4.69) is 5.32 Å². The molecule has 3 rings (SSSR count). The Bertz CT molecular complexity index is 797. The fourth-order valence-electron chi connectivity index (χ4n) is 3.53. The third-order valence-electron chi connectivity index (χ3n) is 4.74. The molecule has 0 bridgehead atoms. The van der Waals surface area contributed by atoms with Gasteiger partial charge in [0.05, 0.1) is 17.1 Å². The van der Waals surface area contributed by atoms with Crippen LogP contribution in [0, 0.1) is 0 Å². The molecule has 0 saturated heterocycles. The van der Waals surface area contributed by atoms with Crippen molar-refractivity contribution >= 4 is 11.7 Å². The molecule has 2 aromatic rings. The van der Waals surface area contributed by atoms with Gasteiger partial charge in [-0.2, -0.15) is 13.2 Å². The molecule has 1 aliphatic rings. The molecule has 2 aromatic carbocycles. The number of carbonyl (C=O) groups excluding carboxylic acids is 1. The number of hydrogen-bond donors (Lipinski definition) is 1. The predicted molar refractivity (Wildman–Crippen MR) is 90.2 cm³/mol. The smallest absolute Gasteiger partial charge is 0.309 e. The molecule has 132 valence electrons. The van der Waals surface area contributed by atoms with Crippen molar-refractivity contribution < 1.29 is 18.0 Å². The molecule has 0 radical (unpaired) electrons. The zero-order valence-electron chi connectivity index (χ0n) is 14.2. The molecule has 25 heavy (non-hydrogen) atoms. The van der Waals surface area contributed by atoms with Crippen LogP contribution in [0.1, 0.15) is 43.5 Å². The van der Waals surface area contributed by atoms with Gasteiger partial charge >= 0.3 is 12.2 Å². The van der Waals surface area contributed by atoms with Gasteiger partial charge in [0.25, 0.3) is 0 Å². The Morgan fingerprint density at radius 3 is 2.24 bits per heavy atom. The van der Waals surface area contributed by atoms with Gasteiger partial charge < -0.3 is 10.2 Å². The lowest BCUT2D eigenvalue weighted by molar-refractivity contribution is -0.137. The Morgan fingerprint density at radius 2 is 1.68 bits per heavy atom. The molecule has 0 saturated carbocycles. The maximum atomic E-state index is 12.8. The van der Waals surface area contributed by atoms with E-state index in [0.29, 0.717) is 5.69 Å². The Balaban J connectivity index is 1.82. The Kier molecular flexibility index (Phi) is 4.01. The zero-order chi connectivity index (χ0) is 18.4. The van der Waals surface area contributed by atoms with E-state index in [1.165, 1.54) is 12.1 Å². The number of nitrogens with one attached hydrogen (secondary N) is 1. The first kappa shape index (κ1) is 17.3. The first-order valence-electron chi connectivity index (χ1n) is 7.99. The fourth-order valence-corrected chi connectivity index (χ4v) is 3.53. The number of anilines is 1. The summed E-state index contributed by atoms with van der Waals surface area (Å²) in [5, 5.41) is 2.70. The van der Waals surface area contributed by atoms with Crippen LogP contribution in [0.25, 0.3) is 0 Å². The van der Waals surface area contributed by atoms with Crippen LogP contribution in [0.4, 0.5) is 23.7 Å². The average molecular weight is 348 g/mol. The van der Waals surface area contributed by atoms with Crippen molar-refractivity contribution in [1.29, 1.82) is 0 Å². The lowest BCUT2D eigenvalue weighted by Crippen LogP contribution is -2.44. The molecule has 3 nitrogen and oxygen atoms in total. The zero-order valence-corrected chi connectivity index (χ0v) is 14.2. The normalized spacial score (nSPS) is 18.8. The second kappa shape index (κ2) is 5.79. The Hall–Kier alpha value is -2.50. The number of rotatable bonds is 1. The van der Waals surface area contributed by atoms with Gasteiger partial charge in [0.15, 0.2) is 0 Å². The lowest BCUT2D eigenvalue weighted by atomic mass is 9.94. The number of carbonyl (C=O) groups is 1. The van der Waals surface area contributed by atoms with E-state index < -0.39 is 17.3 Å². The number of urea groups is 1. The molecule has 1 aliphatic heterocycles. The molecule has 1 unspecified atom stereocenters. The maximum absolute atomic E-state index is 12.8. The number of hydrogen-bond acceptors (Lipinski definition) is 1. The quantitative estimate of drug-likeness (QED) is 0.720. The number of halogens is 3. The van der Waals surface area contributed by atoms with Gasteiger partial charge in [0.2, 0.25) is 0 Å². The Morgan fingerprint density at radius 1 is 1.08 bits per heavy atom. The van der Waals surface area contributed by atoms with Crippen LogP contribution < -0.4 is 5.32 Å². The summed E-state index contributed by atoms with van der Waals surface area (Å²) in [4.78, 5) is 14.5. The SMILES string of the molecule is CC1c2ccccc2C(C)(C)N1C(=O)Nc1ccc(C(F)(F)F)cc1. The van der Waals surface area contributed by atoms with Gasteiger partial charge in [-0.15, -0.1) is 0 Å². The van der Waals surface area contributed by atoms with Crippen LogP contribution in [0.3, 0.4) is 0 Å². The molecule has 1 atom stereocenters. The topological polar surface area (TPSA) is 32.3 Å². The maximum Gasteiger partial charge on any atom is 0.416 e. The molecule has 0 aliphatic carbocycles. The van der Waals surface area contributed by atoms with Crippen LogP contribution in [-0.2, 0) is 11.7 Å². The number of fused-ring (bicyclic) bond motifs is 1. The minimum Gasteiger partial charge on any atom is -0.309 e. The summed E-state index contributed by atoms with van der Waals surface area (Å²) < 4.78 is 37.9. The van der Waals surface area contributed by atoms with E-state index in [-0.39, 0.29) is 12.1 Å². The summed E-state index contributed by atoms with van der Waals surface area (Å²) in [7, 11) is 0. The third-order valence-corrected chi connectivity index (χ3v) is 4.74. The summed E-state index contributed by atoms with van der Waals surface area (Å²) in [5.74, 6) is 0. The van der Waals surface area contributed by atoms with Gasteiger partial charge in [-0.05, 0) is 56.2 Å². The average Bonchev–Trinajstić information content (AvgIpc) is 2.74. The molecular weight excluding hydrogens is 329 g/mol. The van der Waals surface area contributed by atoms with Crippen LogP contribution in [0.15, 0.2) is 48.5 Å². The monoisotopic (exact) mass is 348 g/mol. The molecule has 0 fully saturated rings. The van der Waals surface area contributed by atoms with Crippen molar-refractivity contribution in [2.45, 2.75) is 38.5 Å². The van der Waals surface area contributed by atoms with Gasteiger partial charge in [-0.3, -0.25) is 0 Å². The lowest BCUT2D eigenvalue weighted by Gasteiger charge is -2.35. The van der Waals surface area contributed by atoms with Crippen molar-refractivity contribution in [3.63, 3.8) is 0 Å². The van der Waals surface area contributed by atoms with E-state index in [4.69, 9.17) is 0 Å². The van der Waals surface area contributed by atoms with Crippen LogP contribution in [0.5, 0.6) is 0 Å². The molecule has 0 spiro atoms. The molecule has 6 heteroatoms. The summed E-state index contributed by atoms with van der Waals surface area (Å²) in [5.41, 5.74) is 1.23. The fraction of sp³-hybridized carbons (Fsp3) is 0.316. The Labute approximate surface area is 144 Å². The van der Waals surface area contributed by atoms with Crippen LogP contribution in [0.2, 0.25) is 0 Å². The van der Waals surface area contributed by atoms with Crippen LogP contribution >= 0.6 is 0 Å². The number of nitrogens with zero attached hydrogens (tertiary/aromatic N) is 1. The minimum atomic E-state index is -4.39. The number of amides is 2. The van der Waals surface area contributed by atoms with Gasteiger partial charge in [0.1, 0.15) is 0 Å². The third kappa shape index (κ3) is 2.97. The number of benzene rings is 2. The van der Waals surface area contributed by atoms with Crippen molar-refractivity contribution in [2.24, 2.45) is 0 Å². The largest absolute Gasteiger partial charge is 0.416 e. The first-order valence-corrected chi connectivity index (χ1v) is 7.99. The van der Waals surface area contributed by atoms with Crippen molar-refractivity contribution in [3.05, 3.63) is 65.2 Å². The standard InChI is InChI=1S/C19H19F3N2O/c1-12-15-6-4-5-7-16(15)18(2,3)24(12)17(25)23-14-10-8-13(9-11-14)19(20,21)22/h4-12H,1-3H3,(H,23,25). The second-order valence-electron chi connectivity index (χ2n) is 6.70. The first-order chi connectivity index (χ1) is 11.6. The second-order valence-corrected chi connectivity index (χ2v) is 6.70. The van der Waals surface area contributed by atoms with E-state index in [9.17, 15) is 18.0 Å². The van der Waals surface area contributed by atoms with E-state index in [1.807, 2.05) is 45.0 Å². The van der Waals surface area contributed by atoms with E-state index >= 15 is 0 Å². The molecule has 1 N–H and O–H groups in total. The summed E-state index contributed by atoms with van der Waals surface area (Å²) >= 11 is 0. The van der Waals surface area contributed by atoms with Crippen molar-refractivity contribution in [3.8, 4) is 0 Å². The van der Waals surface area contributed by atoms with E-state index in [0.717, 1.165) is 23.3 Å². The van der Waals surface area contributed by atoms with E-state index in [1.54, 1.807) is 4.90 Å². The highest BCUT2D eigenvalue weighted by molar-refractivity contribution is 5.91. The highest BCUT2D eigenvalue weighted by Crippen LogP contribution is 2.45. The predicted octanol–water partition coefficient (Wildman–Crippen LogP) is 5.55. The summed E-state index contributed by atoms with van der Waals surface area (Å²) in [6, 6.07) is 11.8. The summed E-state index contributed by atoms with van der Waals surface area (Å²) in [6.45, 7) is 5.86. The van der Waals surface area contributed by atoms with Crippen LogP contribution in [-0.4, -0.2) is 10.9 Å². The summed E-state index contributed by atoms with van der Waals surface area (Å²) in [6.07, 6.45) is -4.39. The molecule has 2 amide bonds. The van der Waals surface area contributed by atoms with Crippen molar-refractivity contribution in [2.75, 3.05) is 5.32 Å². The minimum absolute atomic E-state index is 0.124.